The first-order valence-corrected chi connectivity index (χ1v) is 8.23. The highest BCUT2D eigenvalue weighted by atomic mass is 35.5. The number of allylic oxidation sites excluding steroid dienone is 2. The number of aliphatic imine (C=N–C) groups is 1. The maximum absolute atomic E-state index is 14.2. The van der Waals surface area contributed by atoms with E-state index in [0.29, 0.717) is 21.2 Å². The Morgan fingerprint density at radius 3 is 2.67 bits per heavy atom. The van der Waals surface area contributed by atoms with E-state index in [9.17, 15) is 9.50 Å². The summed E-state index contributed by atoms with van der Waals surface area (Å²) in [6, 6.07) is 7.54. The molecule has 2 aromatic rings. The van der Waals surface area contributed by atoms with Crippen LogP contribution in [0, 0.1) is 5.82 Å². The van der Waals surface area contributed by atoms with E-state index in [1.165, 1.54) is 18.2 Å². The smallest absolute Gasteiger partial charge is 0.149 e. The number of nitrogens with one attached hydrogen (secondary N) is 1. The Morgan fingerprint density at radius 2 is 2.04 bits per heavy atom. The largest absolute Gasteiger partial charge is 0.505 e. The van der Waals surface area contributed by atoms with Crippen LogP contribution >= 0.6 is 35.1 Å². The molecule has 0 aromatic heterocycles. The van der Waals surface area contributed by atoms with Crippen molar-refractivity contribution in [2.75, 3.05) is 4.72 Å². The number of aromatic hydroxyl groups is 1. The molecule has 24 heavy (non-hydrogen) atoms. The van der Waals surface area contributed by atoms with Gasteiger partial charge >= 0.3 is 0 Å². The van der Waals surface area contributed by atoms with E-state index in [2.05, 4.69) is 23.0 Å². The average molecular weight is 383 g/mol. The van der Waals surface area contributed by atoms with E-state index in [-0.39, 0.29) is 16.5 Å². The highest BCUT2D eigenvalue weighted by Crippen LogP contribution is 2.38. The van der Waals surface area contributed by atoms with Gasteiger partial charge in [-0.3, -0.25) is 4.99 Å². The number of phenolic OH excluding ortho intramolecular Hbond substituents is 1. The summed E-state index contributed by atoms with van der Waals surface area (Å²) in [5.74, 6) is -0.603. The fourth-order valence-corrected chi connectivity index (χ4v) is 3.23. The Bertz CT molecular complexity index is 824. The molecule has 0 bridgehead atoms. The van der Waals surface area contributed by atoms with Gasteiger partial charge in [0.2, 0.25) is 0 Å². The van der Waals surface area contributed by atoms with E-state index in [4.69, 9.17) is 23.2 Å². The predicted octanol–water partition coefficient (Wildman–Crippen LogP) is 6.18. The molecule has 0 amide bonds. The lowest BCUT2D eigenvalue weighted by atomic mass is 10.1. The second kappa shape index (κ2) is 8.24. The normalized spacial score (nSPS) is 11.2. The van der Waals surface area contributed by atoms with Gasteiger partial charge in [-0.15, -0.1) is 0 Å². The number of phenols is 1. The molecular formula is C17H13Cl2FN2OS. The lowest BCUT2D eigenvalue weighted by molar-refractivity contribution is 0.463. The summed E-state index contributed by atoms with van der Waals surface area (Å²) in [5.41, 5.74) is 1.33. The summed E-state index contributed by atoms with van der Waals surface area (Å²) in [6.45, 7) is 7.03. The Balaban J connectivity index is 2.21. The molecule has 7 heteroatoms. The van der Waals surface area contributed by atoms with E-state index in [0.717, 1.165) is 11.9 Å². The van der Waals surface area contributed by atoms with Crippen molar-refractivity contribution in [3.05, 3.63) is 70.5 Å². The third kappa shape index (κ3) is 4.32. The second-order valence-electron chi connectivity index (χ2n) is 4.58. The minimum absolute atomic E-state index is 0.123. The van der Waals surface area contributed by atoms with E-state index in [1.807, 2.05) is 0 Å². The number of rotatable bonds is 6. The van der Waals surface area contributed by atoms with Gasteiger partial charge in [0, 0.05) is 10.6 Å². The van der Waals surface area contributed by atoms with Crippen LogP contribution < -0.4 is 4.72 Å². The summed E-state index contributed by atoms with van der Waals surface area (Å²) in [7, 11) is 0. The lowest BCUT2D eigenvalue weighted by Crippen LogP contribution is -1.93. The topological polar surface area (TPSA) is 44.6 Å². The van der Waals surface area contributed by atoms with Crippen molar-refractivity contribution in [1.29, 1.82) is 0 Å². The zero-order valence-corrected chi connectivity index (χ0v) is 14.7. The minimum Gasteiger partial charge on any atom is -0.505 e. The highest BCUT2D eigenvalue weighted by molar-refractivity contribution is 8.00. The molecule has 2 aromatic carbocycles. The number of hydrogen-bond acceptors (Lipinski definition) is 4. The molecule has 0 aliphatic carbocycles. The van der Waals surface area contributed by atoms with Gasteiger partial charge < -0.3 is 9.83 Å². The predicted molar refractivity (Wildman–Crippen MR) is 102 cm³/mol. The molecule has 2 rings (SSSR count). The molecular weight excluding hydrogens is 370 g/mol. The van der Waals surface area contributed by atoms with Gasteiger partial charge in [-0.05, 0) is 49.0 Å². The van der Waals surface area contributed by atoms with Crippen molar-refractivity contribution in [3.8, 4) is 5.75 Å². The molecule has 0 fully saturated rings. The Kier molecular flexibility index (Phi) is 6.31. The summed E-state index contributed by atoms with van der Waals surface area (Å²) >= 11 is 12.7. The maximum atomic E-state index is 14.2. The van der Waals surface area contributed by atoms with Crippen LogP contribution in [0.5, 0.6) is 5.75 Å². The third-order valence-corrected chi connectivity index (χ3v) is 4.33. The monoisotopic (exact) mass is 382 g/mol. The van der Waals surface area contributed by atoms with Crippen molar-refractivity contribution < 1.29 is 9.50 Å². The molecule has 0 aliphatic rings. The fourth-order valence-electron chi connectivity index (χ4n) is 1.84. The molecule has 0 radical (unpaired) electrons. The van der Waals surface area contributed by atoms with Crippen LogP contribution in [0.25, 0.3) is 5.70 Å². The number of anilines is 1. The van der Waals surface area contributed by atoms with Crippen molar-refractivity contribution in [2.45, 2.75) is 4.90 Å². The number of nitrogens with zero attached hydrogens (tertiary/aromatic N) is 1. The number of halogens is 3. The molecule has 3 nitrogen and oxygen atoms in total. The van der Waals surface area contributed by atoms with Gasteiger partial charge in [0.1, 0.15) is 11.6 Å². The molecule has 0 heterocycles. The van der Waals surface area contributed by atoms with Gasteiger partial charge in [0.15, 0.2) is 0 Å². The molecule has 0 saturated heterocycles. The standard InChI is InChI=1S/C17H13Cl2FN2OS/c1-3-4-14(21-2)10-5-6-15(13(20)7-10)22-24-16-9-11(18)8-12(19)17(16)23/h3-9,22-23H,1-2H2/b14-4-. The zero-order chi connectivity index (χ0) is 17.7. The first kappa shape index (κ1) is 18.4. The van der Waals surface area contributed by atoms with Gasteiger partial charge in [-0.25, -0.2) is 4.39 Å². The first-order chi connectivity index (χ1) is 11.5. The van der Waals surface area contributed by atoms with Crippen LogP contribution in [-0.4, -0.2) is 11.8 Å². The molecule has 0 spiro atoms. The van der Waals surface area contributed by atoms with Crippen LogP contribution in [0.15, 0.2) is 59.0 Å². The Morgan fingerprint density at radius 1 is 1.29 bits per heavy atom. The Hall–Kier alpha value is -1.95. The number of benzene rings is 2. The summed E-state index contributed by atoms with van der Waals surface area (Å²) in [6.07, 6.45) is 3.19. The molecule has 0 unspecified atom stereocenters. The van der Waals surface area contributed by atoms with E-state index in [1.54, 1.807) is 24.3 Å². The van der Waals surface area contributed by atoms with Gasteiger partial charge in [-0.2, -0.15) is 0 Å². The minimum atomic E-state index is -0.480. The van der Waals surface area contributed by atoms with Gasteiger partial charge in [0.05, 0.1) is 21.3 Å². The Labute approximate surface area is 153 Å². The van der Waals surface area contributed by atoms with Crippen LogP contribution in [-0.2, 0) is 0 Å². The third-order valence-electron chi connectivity index (χ3n) is 2.98. The lowest BCUT2D eigenvalue weighted by Gasteiger charge is -2.10. The molecule has 2 N–H and O–H groups in total. The van der Waals surface area contributed by atoms with Gasteiger partial charge in [0.25, 0.3) is 0 Å². The van der Waals surface area contributed by atoms with Crippen LogP contribution in [0.3, 0.4) is 0 Å². The summed E-state index contributed by atoms with van der Waals surface area (Å²) < 4.78 is 17.1. The summed E-state index contributed by atoms with van der Waals surface area (Å²) in [4.78, 5) is 4.21. The van der Waals surface area contributed by atoms with Crippen molar-refractivity contribution >= 4 is 53.3 Å². The van der Waals surface area contributed by atoms with Crippen molar-refractivity contribution in [3.63, 3.8) is 0 Å². The molecule has 124 valence electrons. The summed E-state index contributed by atoms with van der Waals surface area (Å²) in [5, 5.41) is 10.4. The van der Waals surface area contributed by atoms with Crippen molar-refractivity contribution in [1.82, 2.24) is 0 Å². The number of hydrogen-bond donors (Lipinski definition) is 2. The van der Waals surface area contributed by atoms with Crippen LogP contribution in [0.4, 0.5) is 10.1 Å². The first-order valence-electron chi connectivity index (χ1n) is 6.66. The van der Waals surface area contributed by atoms with Crippen LogP contribution in [0.2, 0.25) is 10.0 Å². The van der Waals surface area contributed by atoms with Crippen LogP contribution in [0.1, 0.15) is 5.56 Å². The molecule has 0 atom stereocenters. The highest BCUT2D eigenvalue weighted by Gasteiger charge is 2.11. The van der Waals surface area contributed by atoms with E-state index >= 15 is 0 Å². The SMILES string of the molecule is C=C/C=C(\N=C)c1ccc(NSc2cc(Cl)cc(Cl)c2O)c(F)c1. The maximum Gasteiger partial charge on any atom is 0.149 e. The van der Waals surface area contributed by atoms with Gasteiger partial charge in [-0.1, -0.05) is 41.9 Å². The quantitative estimate of drug-likeness (QED) is 0.355. The fraction of sp³-hybridized carbons (Fsp3) is 0. The average Bonchev–Trinajstić information content (AvgIpc) is 2.55. The second-order valence-corrected chi connectivity index (χ2v) is 6.27. The van der Waals surface area contributed by atoms with Crippen molar-refractivity contribution in [2.24, 2.45) is 4.99 Å². The zero-order valence-electron chi connectivity index (χ0n) is 12.4. The molecule has 0 aliphatic heterocycles. The van der Waals surface area contributed by atoms with E-state index < -0.39 is 5.82 Å². The molecule has 0 saturated carbocycles.